The lowest BCUT2D eigenvalue weighted by molar-refractivity contribution is 0.592. The van der Waals surface area contributed by atoms with Crippen molar-refractivity contribution in [2.45, 2.75) is 12.8 Å². The molecule has 1 heterocycles. The number of sulfonamides is 1. The second kappa shape index (κ2) is 4.20. The van der Waals surface area contributed by atoms with Gasteiger partial charge < -0.3 is 0 Å². The minimum Gasteiger partial charge on any atom is -0.269 e. The molecule has 0 aromatic heterocycles. The Bertz CT molecular complexity index is 530. The second-order valence-electron chi connectivity index (χ2n) is 3.83. The van der Waals surface area contributed by atoms with Crippen LogP contribution in [-0.4, -0.2) is 21.2 Å². The van der Waals surface area contributed by atoms with E-state index in [1.165, 1.54) is 10.6 Å². The van der Waals surface area contributed by atoms with Crippen LogP contribution in [0.3, 0.4) is 0 Å². The molecule has 0 spiro atoms. The van der Waals surface area contributed by atoms with Gasteiger partial charge in [-0.3, -0.25) is 4.31 Å². The largest absolute Gasteiger partial charge is 0.269 e. The zero-order valence-corrected chi connectivity index (χ0v) is 11.9. The van der Waals surface area contributed by atoms with Gasteiger partial charge in [-0.2, -0.15) is 0 Å². The summed E-state index contributed by atoms with van der Waals surface area (Å²) < 4.78 is 25.6. The monoisotopic (exact) mass is 323 g/mol. The second-order valence-corrected chi connectivity index (χ2v) is 7.06. The van der Waals surface area contributed by atoms with E-state index in [9.17, 15) is 8.42 Å². The first-order valence-electron chi connectivity index (χ1n) is 4.85. The van der Waals surface area contributed by atoms with Crippen molar-refractivity contribution in [3.8, 4) is 0 Å². The molecule has 6 heteroatoms. The Kier molecular flexibility index (Phi) is 3.20. The SMILES string of the molecule is CS(=O)(=O)N1CCCc2cc(Br)cc(Cl)c21. The van der Waals surface area contributed by atoms with E-state index in [2.05, 4.69) is 15.9 Å². The Hall–Kier alpha value is -0.260. The quantitative estimate of drug-likeness (QED) is 0.796. The Morgan fingerprint density at radius 3 is 2.75 bits per heavy atom. The number of aryl methyl sites for hydroxylation is 1. The molecule has 0 radical (unpaired) electrons. The van der Waals surface area contributed by atoms with Gasteiger partial charge in [-0.15, -0.1) is 0 Å². The smallest absolute Gasteiger partial charge is 0.232 e. The summed E-state index contributed by atoms with van der Waals surface area (Å²) in [5.74, 6) is 0. The van der Waals surface area contributed by atoms with Crippen LogP contribution in [0.15, 0.2) is 16.6 Å². The van der Waals surface area contributed by atoms with Crippen LogP contribution in [-0.2, 0) is 16.4 Å². The first-order valence-corrected chi connectivity index (χ1v) is 7.87. The normalized spacial score (nSPS) is 16.1. The van der Waals surface area contributed by atoms with Crippen LogP contribution in [0.1, 0.15) is 12.0 Å². The van der Waals surface area contributed by atoms with Crippen molar-refractivity contribution < 1.29 is 8.42 Å². The lowest BCUT2D eigenvalue weighted by atomic mass is 10.0. The van der Waals surface area contributed by atoms with Gasteiger partial charge in [-0.25, -0.2) is 8.42 Å². The Balaban J connectivity index is 2.63. The van der Waals surface area contributed by atoms with Crippen LogP contribution in [0.2, 0.25) is 5.02 Å². The average molecular weight is 325 g/mol. The summed E-state index contributed by atoms with van der Waals surface area (Å²) in [5, 5.41) is 0.481. The van der Waals surface area contributed by atoms with E-state index in [1.807, 2.05) is 6.07 Å². The van der Waals surface area contributed by atoms with Gasteiger partial charge >= 0.3 is 0 Å². The fraction of sp³-hybridized carbons (Fsp3) is 0.400. The minimum atomic E-state index is -3.24. The minimum absolute atomic E-state index is 0.481. The third kappa shape index (κ3) is 2.21. The van der Waals surface area contributed by atoms with Crippen molar-refractivity contribution in [2.75, 3.05) is 17.1 Å². The average Bonchev–Trinajstić information content (AvgIpc) is 2.14. The number of rotatable bonds is 1. The van der Waals surface area contributed by atoms with E-state index >= 15 is 0 Å². The number of hydrogen-bond acceptors (Lipinski definition) is 2. The van der Waals surface area contributed by atoms with Gasteiger partial charge in [0.2, 0.25) is 10.0 Å². The summed E-state index contributed by atoms with van der Waals surface area (Å²) in [4.78, 5) is 0. The molecule has 0 saturated carbocycles. The molecule has 1 aromatic carbocycles. The third-order valence-corrected chi connectivity index (χ3v) is 4.48. The van der Waals surface area contributed by atoms with Crippen LogP contribution in [0.25, 0.3) is 0 Å². The molecule has 2 rings (SSSR count). The highest BCUT2D eigenvalue weighted by Crippen LogP contribution is 2.37. The van der Waals surface area contributed by atoms with Gasteiger partial charge in [0, 0.05) is 11.0 Å². The molecule has 1 aliphatic heterocycles. The summed E-state index contributed by atoms with van der Waals surface area (Å²) in [6.45, 7) is 0.507. The number of halogens is 2. The number of hydrogen-bond donors (Lipinski definition) is 0. The van der Waals surface area contributed by atoms with E-state index in [1.54, 1.807) is 6.07 Å². The van der Waals surface area contributed by atoms with E-state index < -0.39 is 10.0 Å². The molecule has 0 aliphatic carbocycles. The van der Waals surface area contributed by atoms with Crippen molar-refractivity contribution in [3.05, 3.63) is 27.2 Å². The maximum atomic E-state index is 11.6. The molecule has 1 aliphatic rings. The van der Waals surface area contributed by atoms with Gasteiger partial charge in [0.05, 0.1) is 17.0 Å². The van der Waals surface area contributed by atoms with Gasteiger partial charge in [-0.1, -0.05) is 27.5 Å². The predicted octanol–water partition coefficient (Wildman–Crippen LogP) is 2.81. The van der Waals surface area contributed by atoms with Gasteiger partial charge in [0.25, 0.3) is 0 Å². The topological polar surface area (TPSA) is 37.4 Å². The highest BCUT2D eigenvalue weighted by Gasteiger charge is 2.26. The van der Waals surface area contributed by atoms with E-state index in [4.69, 9.17) is 11.6 Å². The zero-order chi connectivity index (χ0) is 11.9. The maximum Gasteiger partial charge on any atom is 0.232 e. The summed E-state index contributed by atoms with van der Waals surface area (Å²) in [6.07, 6.45) is 2.90. The molecule has 0 atom stereocenters. The molecule has 88 valence electrons. The van der Waals surface area contributed by atoms with Crippen molar-refractivity contribution >= 4 is 43.2 Å². The van der Waals surface area contributed by atoms with E-state index in [0.717, 1.165) is 22.9 Å². The van der Waals surface area contributed by atoms with Crippen LogP contribution in [0.5, 0.6) is 0 Å². The highest BCUT2D eigenvalue weighted by molar-refractivity contribution is 9.10. The van der Waals surface area contributed by atoms with Crippen molar-refractivity contribution in [1.82, 2.24) is 0 Å². The first-order chi connectivity index (χ1) is 7.39. The Morgan fingerprint density at radius 2 is 2.12 bits per heavy atom. The number of anilines is 1. The lowest BCUT2D eigenvalue weighted by Gasteiger charge is -2.30. The first kappa shape index (κ1) is 12.2. The number of benzene rings is 1. The lowest BCUT2D eigenvalue weighted by Crippen LogP contribution is -2.34. The molecule has 3 nitrogen and oxygen atoms in total. The summed E-state index contributed by atoms with van der Waals surface area (Å²) in [7, 11) is -3.24. The molecule has 0 fully saturated rings. The van der Waals surface area contributed by atoms with E-state index in [-0.39, 0.29) is 0 Å². The molecule has 16 heavy (non-hydrogen) atoms. The number of fused-ring (bicyclic) bond motifs is 1. The Morgan fingerprint density at radius 1 is 1.44 bits per heavy atom. The van der Waals surface area contributed by atoms with Gasteiger partial charge in [0.1, 0.15) is 0 Å². The molecule has 1 aromatic rings. The van der Waals surface area contributed by atoms with Crippen LogP contribution < -0.4 is 4.31 Å². The maximum absolute atomic E-state index is 11.6. The summed E-state index contributed by atoms with van der Waals surface area (Å²) >= 11 is 9.47. The van der Waals surface area contributed by atoms with E-state index in [0.29, 0.717) is 17.3 Å². The van der Waals surface area contributed by atoms with Gasteiger partial charge in [0.15, 0.2) is 0 Å². The van der Waals surface area contributed by atoms with Crippen molar-refractivity contribution in [3.63, 3.8) is 0 Å². The fourth-order valence-corrected chi connectivity index (χ4v) is 3.98. The predicted molar refractivity (Wildman–Crippen MR) is 69.7 cm³/mol. The third-order valence-electron chi connectivity index (χ3n) is 2.56. The standard InChI is InChI=1S/C10H11BrClNO2S/c1-16(14,15)13-4-2-3-7-5-8(11)6-9(12)10(7)13/h5-6H,2-4H2,1H3. The molecule has 0 amide bonds. The van der Waals surface area contributed by atoms with Crippen LogP contribution >= 0.6 is 27.5 Å². The molecule has 0 bridgehead atoms. The molecule has 0 N–H and O–H groups in total. The van der Waals surface area contributed by atoms with Crippen molar-refractivity contribution in [2.24, 2.45) is 0 Å². The summed E-state index contributed by atoms with van der Waals surface area (Å²) in [6, 6.07) is 3.66. The molecular weight excluding hydrogens is 314 g/mol. The molecular formula is C10H11BrClNO2S. The molecule has 0 unspecified atom stereocenters. The van der Waals surface area contributed by atoms with Gasteiger partial charge in [-0.05, 0) is 30.5 Å². The number of nitrogens with zero attached hydrogens (tertiary/aromatic N) is 1. The van der Waals surface area contributed by atoms with Crippen LogP contribution in [0.4, 0.5) is 5.69 Å². The Labute approximate surface area is 109 Å². The van der Waals surface area contributed by atoms with Crippen LogP contribution in [0, 0.1) is 0 Å². The molecule has 0 saturated heterocycles. The van der Waals surface area contributed by atoms with Crippen molar-refractivity contribution in [1.29, 1.82) is 0 Å². The fourth-order valence-electron chi connectivity index (χ4n) is 1.95. The zero-order valence-electron chi connectivity index (χ0n) is 8.70. The summed E-state index contributed by atoms with van der Waals surface area (Å²) in [5.41, 5.74) is 1.62. The highest BCUT2D eigenvalue weighted by atomic mass is 79.9.